The number of para-hydroxylation sites is 1. The second kappa shape index (κ2) is 15.5. The van der Waals surface area contributed by atoms with E-state index in [1.54, 1.807) is 36.4 Å². The SMILES string of the molecule is CCC/C(=C\c1ccc(O)c2ccccc12)CC[C@H]1OB(O)C[C@H]2C1=C(COc1ccccc1)C[C@H]1C(=O)N(c3cc(C(F)(F)F)cc(C(F)(F)F)c3)C(=O)[C@H]12. The summed E-state index contributed by atoms with van der Waals surface area (Å²) in [6.45, 7) is 2.01. The normalized spacial score (nSPS) is 21.8. The van der Waals surface area contributed by atoms with Crippen LogP contribution in [0.3, 0.4) is 0 Å². The van der Waals surface area contributed by atoms with E-state index in [9.17, 15) is 46.1 Å². The molecule has 4 aromatic rings. The Kier molecular flexibility index (Phi) is 10.8. The number of carbonyl (C=O) groups is 2. The van der Waals surface area contributed by atoms with Gasteiger partial charge in [0, 0.05) is 5.39 Å². The van der Waals surface area contributed by atoms with Crippen molar-refractivity contribution in [3.05, 3.63) is 118 Å². The van der Waals surface area contributed by atoms with Crippen molar-refractivity contribution in [2.24, 2.45) is 17.8 Å². The van der Waals surface area contributed by atoms with Crippen molar-refractivity contribution in [1.29, 1.82) is 0 Å². The molecule has 7 rings (SSSR count). The molecule has 7 nitrogen and oxygen atoms in total. The number of allylic oxidation sites excluding steroid dienone is 1. The highest BCUT2D eigenvalue weighted by atomic mass is 19.4. The number of nitrogens with zero attached hydrogens (tertiary/aromatic N) is 1. The number of imide groups is 1. The maximum Gasteiger partial charge on any atom is 0.455 e. The molecule has 2 N–H and O–H groups in total. The van der Waals surface area contributed by atoms with Crippen molar-refractivity contribution >= 4 is 41.5 Å². The molecule has 1 aliphatic carbocycles. The van der Waals surface area contributed by atoms with E-state index < -0.39 is 72.0 Å². The molecule has 0 aromatic heterocycles. The predicted octanol–water partition coefficient (Wildman–Crippen LogP) is 9.63. The Morgan fingerprint density at radius 2 is 1.54 bits per heavy atom. The Hall–Kier alpha value is -5.08. The van der Waals surface area contributed by atoms with Gasteiger partial charge in [0.05, 0.1) is 34.8 Å². The van der Waals surface area contributed by atoms with Crippen LogP contribution in [0.15, 0.2) is 102 Å². The smallest absolute Gasteiger partial charge is 0.455 e. The molecule has 0 radical (unpaired) electrons. The molecule has 4 atom stereocenters. The first-order valence-electron chi connectivity index (χ1n) is 18.4. The van der Waals surface area contributed by atoms with Crippen LogP contribution in [0.2, 0.25) is 6.32 Å². The summed E-state index contributed by atoms with van der Waals surface area (Å²) in [5.41, 5.74) is -0.896. The molecule has 14 heteroatoms. The maximum absolute atomic E-state index is 14.3. The number of rotatable bonds is 10. The van der Waals surface area contributed by atoms with Crippen molar-refractivity contribution < 1.29 is 55.5 Å². The van der Waals surface area contributed by atoms with Gasteiger partial charge < -0.3 is 19.5 Å². The lowest BCUT2D eigenvalue weighted by atomic mass is 9.58. The fourth-order valence-corrected chi connectivity index (χ4v) is 8.46. The van der Waals surface area contributed by atoms with Crippen LogP contribution in [-0.4, -0.2) is 41.8 Å². The minimum Gasteiger partial charge on any atom is -0.507 e. The summed E-state index contributed by atoms with van der Waals surface area (Å²) in [6, 6.07) is 20.5. The van der Waals surface area contributed by atoms with Crippen LogP contribution >= 0.6 is 0 Å². The third kappa shape index (κ3) is 7.81. The first-order chi connectivity index (χ1) is 26.6. The lowest BCUT2D eigenvalue weighted by molar-refractivity contribution is -0.143. The van der Waals surface area contributed by atoms with E-state index in [0.717, 1.165) is 29.4 Å². The zero-order chi connectivity index (χ0) is 39.9. The van der Waals surface area contributed by atoms with Crippen LogP contribution in [-0.2, 0) is 26.6 Å². The number of hydrogen-bond donors (Lipinski definition) is 2. The van der Waals surface area contributed by atoms with Crippen molar-refractivity contribution in [2.75, 3.05) is 11.5 Å². The fraction of sp³-hybridized carbons (Fsp3) is 0.333. The number of carbonyl (C=O) groups excluding carboxylic acids is 2. The number of fused-ring (bicyclic) bond motifs is 4. The number of phenolic OH excluding ortho intramolecular Hbond substituents is 1. The molecule has 0 unspecified atom stereocenters. The summed E-state index contributed by atoms with van der Waals surface area (Å²) in [5.74, 6) is -4.29. The second-order valence-electron chi connectivity index (χ2n) is 14.5. The van der Waals surface area contributed by atoms with Crippen LogP contribution < -0.4 is 9.64 Å². The van der Waals surface area contributed by atoms with Crippen LogP contribution in [0.4, 0.5) is 32.0 Å². The third-order valence-corrected chi connectivity index (χ3v) is 10.9. The molecular formula is C42H38BF6NO6. The van der Waals surface area contributed by atoms with Crippen molar-refractivity contribution in [2.45, 2.75) is 63.8 Å². The molecule has 292 valence electrons. The Bertz CT molecular complexity index is 2170. The number of hydrogen-bond acceptors (Lipinski definition) is 6. The molecule has 0 bridgehead atoms. The van der Waals surface area contributed by atoms with Gasteiger partial charge >= 0.3 is 19.5 Å². The molecule has 2 amide bonds. The monoisotopic (exact) mass is 777 g/mol. The van der Waals surface area contributed by atoms with Crippen molar-refractivity contribution in [3.8, 4) is 11.5 Å². The predicted molar refractivity (Wildman–Crippen MR) is 198 cm³/mol. The van der Waals surface area contributed by atoms with E-state index >= 15 is 0 Å². The number of anilines is 1. The van der Waals surface area contributed by atoms with Gasteiger partial charge in [0.15, 0.2) is 0 Å². The van der Waals surface area contributed by atoms with Crippen molar-refractivity contribution in [3.63, 3.8) is 0 Å². The van der Waals surface area contributed by atoms with Gasteiger partial charge in [-0.2, -0.15) is 26.3 Å². The number of benzene rings is 4. The third-order valence-electron chi connectivity index (χ3n) is 10.9. The Labute approximate surface area is 319 Å². The number of aromatic hydroxyl groups is 1. The van der Waals surface area contributed by atoms with Gasteiger partial charge in [-0.05, 0) is 96.4 Å². The Balaban J connectivity index is 1.25. The highest BCUT2D eigenvalue weighted by molar-refractivity contribution is 6.43. The zero-order valence-corrected chi connectivity index (χ0v) is 30.2. The largest absolute Gasteiger partial charge is 0.507 e. The van der Waals surface area contributed by atoms with E-state index in [1.165, 1.54) is 0 Å². The van der Waals surface area contributed by atoms with Gasteiger partial charge in [-0.15, -0.1) is 0 Å². The quantitative estimate of drug-likeness (QED) is 0.0721. The molecule has 2 aliphatic heterocycles. The molecule has 3 aliphatic rings. The van der Waals surface area contributed by atoms with Gasteiger partial charge in [-0.3, -0.25) is 9.59 Å². The highest BCUT2D eigenvalue weighted by Gasteiger charge is 2.58. The molecule has 2 fully saturated rings. The minimum absolute atomic E-state index is 0.0323. The molecule has 2 heterocycles. The number of halogens is 6. The van der Waals surface area contributed by atoms with E-state index in [2.05, 4.69) is 6.08 Å². The maximum atomic E-state index is 14.3. The number of amides is 2. The Morgan fingerprint density at radius 1 is 0.875 bits per heavy atom. The first kappa shape index (κ1) is 39.2. The van der Waals surface area contributed by atoms with Crippen LogP contribution in [0.25, 0.3) is 16.8 Å². The summed E-state index contributed by atoms with van der Waals surface area (Å²) in [6.07, 6.45) is -6.85. The molecule has 4 aromatic carbocycles. The summed E-state index contributed by atoms with van der Waals surface area (Å²) in [7, 11) is -1.37. The van der Waals surface area contributed by atoms with Crippen LogP contribution in [0.5, 0.6) is 11.5 Å². The summed E-state index contributed by atoms with van der Waals surface area (Å²) >= 11 is 0. The van der Waals surface area contributed by atoms with Gasteiger partial charge in [0.25, 0.3) is 0 Å². The van der Waals surface area contributed by atoms with Crippen molar-refractivity contribution in [1.82, 2.24) is 0 Å². The highest BCUT2D eigenvalue weighted by Crippen LogP contribution is 2.52. The second-order valence-corrected chi connectivity index (χ2v) is 14.5. The van der Waals surface area contributed by atoms with E-state index in [-0.39, 0.29) is 31.2 Å². The van der Waals surface area contributed by atoms with Crippen LogP contribution in [0.1, 0.15) is 55.7 Å². The summed E-state index contributed by atoms with van der Waals surface area (Å²) in [4.78, 5) is 28.8. The molecule has 0 spiro atoms. The van der Waals surface area contributed by atoms with Crippen LogP contribution in [0, 0.1) is 17.8 Å². The molecule has 56 heavy (non-hydrogen) atoms. The minimum atomic E-state index is -5.19. The molecular weight excluding hydrogens is 739 g/mol. The van der Waals surface area contributed by atoms with Gasteiger partial charge in [0.1, 0.15) is 18.1 Å². The lowest BCUT2D eigenvalue weighted by Crippen LogP contribution is -2.46. The summed E-state index contributed by atoms with van der Waals surface area (Å²) in [5, 5.41) is 23.1. The number of phenols is 1. The topological polar surface area (TPSA) is 96.3 Å². The fourth-order valence-electron chi connectivity index (χ4n) is 8.46. The standard InChI is InChI=1S/C42H38BF6NO6/c1-2-8-24(17-25-14-15-35(51)32-12-7-6-11-31(25)32)13-16-36-37-26(23-55-30-9-4-3-5-10-30)18-33-38(34(37)22-43(54)56-36)40(53)50(39(33)52)29-20-27(41(44,45)46)19-28(21-29)42(47,48)49/h3-7,9-12,14-15,17,19-21,33-34,36,38,51,54H,2,8,13,16,18,22-23H2,1H3/b24-17+/t33-,34+,36-,38-/m1/s1. The average molecular weight is 778 g/mol. The molecule has 2 saturated heterocycles. The summed E-state index contributed by atoms with van der Waals surface area (Å²) < 4.78 is 95.4. The van der Waals surface area contributed by atoms with Gasteiger partial charge in [-0.25, -0.2) is 4.90 Å². The van der Waals surface area contributed by atoms with Gasteiger partial charge in [-0.1, -0.05) is 73.5 Å². The van der Waals surface area contributed by atoms with Gasteiger partial charge in [0.2, 0.25) is 11.8 Å². The Morgan fingerprint density at radius 3 is 2.20 bits per heavy atom. The number of ether oxygens (including phenoxy) is 1. The molecule has 0 saturated carbocycles. The first-order valence-corrected chi connectivity index (χ1v) is 18.4. The number of alkyl halides is 6. The average Bonchev–Trinajstić information content (AvgIpc) is 3.41. The zero-order valence-electron chi connectivity index (χ0n) is 30.2. The van der Waals surface area contributed by atoms with E-state index in [0.29, 0.717) is 52.2 Å². The lowest BCUT2D eigenvalue weighted by Gasteiger charge is -2.43. The van der Waals surface area contributed by atoms with E-state index in [1.807, 2.05) is 37.3 Å². The van der Waals surface area contributed by atoms with E-state index in [4.69, 9.17) is 9.39 Å².